The van der Waals surface area contributed by atoms with Crippen LogP contribution in [-0.2, 0) is 23.0 Å². The van der Waals surface area contributed by atoms with Gasteiger partial charge in [0.25, 0.3) is 0 Å². The second kappa shape index (κ2) is 6.61. The van der Waals surface area contributed by atoms with Gasteiger partial charge in [-0.05, 0) is 24.1 Å². The van der Waals surface area contributed by atoms with Crippen LogP contribution in [0.3, 0.4) is 0 Å². The summed E-state index contributed by atoms with van der Waals surface area (Å²) >= 11 is 0. The number of anilines is 1. The first-order chi connectivity index (χ1) is 10.1. The number of rotatable bonds is 6. The summed E-state index contributed by atoms with van der Waals surface area (Å²) in [7, 11) is -3.72. The Morgan fingerprint density at radius 1 is 1.29 bits per heavy atom. The van der Waals surface area contributed by atoms with Crippen LogP contribution in [0.4, 0.5) is 5.69 Å². The Hall–Kier alpha value is -2.03. The summed E-state index contributed by atoms with van der Waals surface area (Å²) < 4.78 is 27.1. The molecule has 2 aromatic heterocycles. The molecule has 7 nitrogen and oxygen atoms in total. The maximum atomic E-state index is 12.3. The zero-order chi connectivity index (χ0) is 15.3. The van der Waals surface area contributed by atoms with Gasteiger partial charge in [0.1, 0.15) is 4.90 Å². The van der Waals surface area contributed by atoms with Crippen molar-refractivity contribution >= 4 is 15.7 Å². The summed E-state index contributed by atoms with van der Waals surface area (Å²) in [6.07, 6.45) is 5.13. The fourth-order valence-corrected chi connectivity index (χ4v) is 3.01. The van der Waals surface area contributed by atoms with Gasteiger partial charge in [-0.3, -0.25) is 15.8 Å². The molecule has 112 valence electrons. The summed E-state index contributed by atoms with van der Waals surface area (Å²) in [6, 6.07) is 5.24. The van der Waals surface area contributed by atoms with Gasteiger partial charge in [0.15, 0.2) is 0 Å². The smallest absolute Gasteiger partial charge is 0.244 e. The number of aryl methyl sites for hydroxylation is 1. The normalized spacial score (nSPS) is 11.3. The highest BCUT2D eigenvalue weighted by atomic mass is 32.2. The zero-order valence-corrected chi connectivity index (χ0v) is 12.4. The number of sulfonamides is 1. The number of hydrazine groups is 1. The molecule has 0 aliphatic rings. The number of nitrogens with zero attached hydrogens (tertiary/aromatic N) is 2. The minimum atomic E-state index is -3.72. The molecule has 0 aliphatic carbocycles. The fourth-order valence-electron chi connectivity index (χ4n) is 1.91. The molecule has 0 spiro atoms. The predicted octanol–water partition coefficient (Wildman–Crippen LogP) is 0.803. The van der Waals surface area contributed by atoms with Crippen molar-refractivity contribution in [2.45, 2.75) is 24.8 Å². The van der Waals surface area contributed by atoms with Crippen LogP contribution in [0.5, 0.6) is 0 Å². The van der Waals surface area contributed by atoms with Crippen LogP contribution in [0.15, 0.2) is 41.7 Å². The second-order valence-corrected chi connectivity index (χ2v) is 6.04. The summed E-state index contributed by atoms with van der Waals surface area (Å²) in [4.78, 5) is 8.03. The molecule has 2 rings (SSSR count). The lowest BCUT2D eigenvalue weighted by Crippen LogP contribution is -2.26. The van der Waals surface area contributed by atoms with Gasteiger partial charge in [0.05, 0.1) is 17.9 Å². The first kappa shape index (κ1) is 15.4. The molecule has 0 bridgehead atoms. The average Bonchev–Trinajstić information content (AvgIpc) is 2.53. The van der Waals surface area contributed by atoms with Gasteiger partial charge in [-0.1, -0.05) is 13.0 Å². The third kappa shape index (κ3) is 3.54. The lowest BCUT2D eigenvalue weighted by molar-refractivity contribution is 0.580. The fraction of sp³-hybridized carbons (Fsp3) is 0.231. The van der Waals surface area contributed by atoms with Crippen molar-refractivity contribution in [2.75, 3.05) is 5.43 Å². The van der Waals surface area contributed by atoms with E-state index in [4.69, 9.17) is 5.84 Å². The van der Waals surface area contributed by atoms with E-state index < -0.39 is 10.0 Å². The lowest BCUT2D eigenvalue weighted by Gasteiger charge is -2.11. The first-order valence-corrected chi connectivity index (χ1v) is 7.90. The number of nitrogens with one attached hydrogen (secondary N) is 2. The van der Waals surface area contributed by atoms with Crippen molar-refractivity contribution in [3.63, 3.8) is 0 Å². The highest BCUT2D eigenvalue weighted by molar-refractivity contribution is 7.89. The van der Waals surface area contributed by atoms with E-state index in [1.54, 1.807) is 6.20 Å². The lowest BCUT2D eigenvalue weighted by atomic mass is 10.1. The molecule has 8 heteroatoms. The summed E-state index contributed by atoms with van der Waals surface area (Å²) in [5.74, 6) is 5.32. The highest BCUT2D eigenvalue weighted by Crippen LogP contribution is 2.18. The van der Waals surface area contributed by atoms with Crippen LogP contribution < -0.4 is 16.0 Å². The van der Waals surface area contributed by atoms with Crippen LogP contribution in [0.1, 0.15) is 18.2 Å². The van der Waals surface area contributed by atoms with Crippen LogP contribution in [0, 0.1) is 0 Å². The van der Waals surface area contributed by atoms with Crippen LogP contribution in [-0.4, -0.2) is 18.4 Å². The number of nitrogen functional groups attached to an aromatic ring is 1. The molecule has 0 saturated heterocycles. The molecule has 0 unspecified atom stereocenters. The molecule has 2 heterocycles. The predicted molar refractivity (Wildman–Crippen MR) is 79.7 cm³/mol. The van der Waals surface area contributed by atoms with Gasteiger partial charge in [-0.15, -0.1) is 0 Å². The minimum absolute atomic E-state index is 0.00137. The number of nitrogens with two attached hydrogens (primary N) is 1. The molecule has 21 heavy (non-hydrogen) atoms. The van der Waals surface area contributed by atoms with Crippen molar-refractivity contribution in [2.24, 2.45) is 5.84 Å². The van der Waals surface area contributed by atoms with Crippen LogP contribution >= 0.6 is 0 Å². The van der Waals surface area contributed by atoms with Gasteiger partial charge in [0.2, 0.25) is 10.0 Å². The zero-order valence-electron chi connectivity index (χ0n) is 11.6. The van der Waals surface area contributed by atoms with E-state index in [1.165, 1.54) is 18.5 Å². The number of aromatic nitrogens is 2. The molecule has 2 aromatic rings. The third-order valence-corrected chi connectivity index (χ3v) is 4.45. The molecular weight excluding hydrogens is 290 g/mol. The summed E-state index contributed by atoms with van der Waals surface area (Å²) in [5.41, 5.74) is 4.34. The quantitative estimate of drug-likeness (QED) is 0.538. The largest absolute Gasteiger partial charge is 0.323 e. The molecule has 4 N–H and O–H groups in total. The van der Waals surface area contributed by atoms with Crippen molar-refractivity contribution in [1.82, 2.24) is 14.7 Å². The van der Waals surface area contributed by atoms with Crippen molar-refractivity contribution < 1.29 is 8.42 Å². The van der Waals surface area contributed by atoms with Crippen molar-refractivity contribution in [3.8, 4) is 0 Å². The van der Waals surface area contributed by atoms with E-state index in [-0.39, 0.29) is 17.1 Å². The van der Waals surface area contributed by atoms with Crippen molar-refractivity contribution in [1.29, 1.82) is 0 Å². The van der Waals surface area contributed by atoms with Crippen molar-refractivity contribution in [3.05, 3.63) is 48.0 Å². The average molecular weight is 307 g/mol. The monoisotopic (exact) mass is 307 g/mol. The van der Waals surface area contributed by atoms with Crippen LogP contribution in [0.2, 0.25) is 0 Å². The first-order valence-electron chi connectivity index (χ1n) is 6.41. The number of hydrogen-bond acceptors (Lipinski definition) is 6. The van der Waals surface area contributed by atoms with E-state index in [1.807, 2.05) is 19.1 Å². The van der Waals surface area contributed by atoms with E-state index in [2.05, 4.69) is 20.1 Å². The second-order valence-electron chi connectivity index (χ2n) is 4.30. The van der Waals surface area contributed by atoms with Gasteiger partial charge in [0, 0.05) is 18.6 Å². The number of pyridine rings is 2. The maximum Gasteiger partial charge on any atom is 0.244 e. The molecule has 0 saturated carbocycles. The Balaban J connectivity index is 2.22. The Morgan fingerprint density at radius 3 is 2.81 bits per heavy atom. The maximum absolute atomic E-state index is 12.3. The molecular formula is C13H17N5O2S. The van der Waals surface area contributed by atoms with E-state index in [0.717, 1.165) is 12.0 Å². The summed E-state index contributed by atoms with van der Waals surface area (Å²) in [5, 5.41) is 0. The number of hydrogen-bond donors (Lipinski definition) is 3. The molecule has 0 atom stereocenters. The Bertz CT molecular complexity index is 718. The van der Waals surface area contributed by atoms with Gasteiger partial charge < -0.3 is 5.43 Å². The van der Waals surface area contributed by atoms with Crippen LogP contribution in [0.25, 0.3) is 0 Å². The third-order valence-electron chi connectivity index (χ3n) is 3.02. The molecule has 0 radical (unpaired) electrons. The van der Waals surface area contributed by atoms with Gasteiger partial charge in [-0.2, -0.15) is 0 Å². The molecule has 0 aliphatic heterocycles. The summed E-state index contributed by atoms with van der Waals surface area (Å²) in [6.45, 7) is 2.11. The van der Waals surface area contributed by atoms with E-state index in [9.17, 15) is 8.42 Å². The van der Waals surface area contributed by atoms with E-state index in [0.29, 0.717) is 5.69 Å². The minimum Gasteiger partial charge on any atom is -0.323 e. The SMILES string of the molecule is CCc1cccnc1CNS(=O)(=O)c1cnccc1NN. The standard InChI is InChI=1S/C13H17N5O2S/c1-2-10-4-3-6-16-12(10)8-17-21(19,20)13-9-15-7-5-11(13)18-14/h3-7,9,17H,2,8,14H2,1H3,(H,15,18). The van der Waals surface area contributed by atoms with E-state index >= 15 is 0 Å². The Kier molecular flexibility index (Phi) is 4.84. The topological polar surface area (TPSA) is 110 Å². The molecule has 0 fully saturated rings. The molecule has 0 amide bonds. The Labute approximate surface area is 123 Å². The highest BCUT2D eigenvalue weighted by Gasteiger charge is 2.18. The molecule has 0 aromatic carbocycles. The van der Waals surface area contributed by atoms with Gasteiger partial charge in [-0.25, -0.2) is 13.1 Å². The Morgan fingerprint density at radius 2 is 2.10 bits per heavy atom. The van der Waals surface area contributed by atoms with Gasteiger partial charge >= 0.3 is 0 Å².